The third-order valence-electron chi connectivity index (χ3n) is 0.840. The Morgan fingerprint density at radius 3 is 2.50 bits per heavy atom. The molecule has 60 valence electrons. The molecule has 0 fully saturated rings. The fourth-order valence-corrected chi connectivity index (χ4v) is 0.560. The summed E-state index contributed by atoms with van der Waals surface area (Å²) in [6.07, 6.45) is 0. The third kappa shape index (κ3) is 6.04. The molecule has 0 saturated carbocycles. The summed E-state index contributed by atoms with van der Waals surface area (Å²) in [6.45, 7) is 3.57. The molecular formula is C6H12BrNO2. The summed E-state index contributed by atoms with van der Waals surface area (Å²) in [7, 11) is 0. The number of amides is 1. The normalized spacial score (nSPS) is 11.2. The molecule has 3 nitrogen and oxygen atoms in total. The van der Waals surface area contributed by atoms with E-state index in [9.17, 15) is 4.79 Å². The number of carbonyl (C=O) groups is 1. The minimum atomic E-state index is -0.822. The van der Waals surface area contributed by atoms with Crippen molar-refractivity contribution in [3.63, 3.8) is 0 Å². The lowest BCUT2D eigenvalue weighted by atomic mass is 10.1. The molecule has 0 bridgehead atoms. The number of aliphatic hydroxyl groups is 1. The molecule has 1 amide bonds. The number of alkyl halides is 1. The Morgan fingerprint density at radius 2 is 2.20 bits per heavy atom. The van der Waals surface area contributed by atoms with E-state index in [1.165, 1.54) is 0 Å². The molecule has 0 atom stereocenters. The fourth-order valence-electron chi connectivity index (χ4n) is 0.362. The average molecular weight is 210 g/mol. The van der Waals surface area contributed by atoms with E-state index in [4.69, 9.17) is 5.11 Å². The van der Waals surface area contributed by atoms with Crippen LogP contribution in [0, 0.1) is 0 Å². The number of hydrogen-bond acceptors (Lipinski definition) is 2. The van der Waals surface area contributed by atoms with Crippen LogP contribution in [0.4, 0.5) is 0 Å². The van der Waals surface area contributed by atoms with Gasteiger partial charge in [-0.25, -0.2) is 0 Å². The van der Waals surface area contributed by atoms with Crippen LogP contribution in [-0.2, 0) is 4.79 Å². The number of halogens is 1. The van der Waals surface area contributed by atoms with Crippen LogP contribution in [0.2, 0.25) is 0 Å². The van der Waals surface area contributed by atoms with Crippen molar-refractivity contribution in [3.05, 3.63) is 0 Å². The summed E-state index contributed by atoms with van der Waals surface area (Å²) in [4.78, 5) is 10.6. The Kier molecular flexibility index (Phi) is 3.89. The molecule has 0 aliphatic rings. The van der Waals surface area contributed by atoms with E-state index in [0.717, 1.165) is 0 Å². The van der Waals surface area contributed by atoms with Crippen molar-refractivity contribution in [3.8, 4) is 0 Å². The van der Waals surface area contributed by atoms with Gasteiger partial charge in [-0.05, 0) is 13.8 Å². The first-order valence-electron chi connectivity index (χ1n) is 3.01. The van der Waals surface area contributed by atoms with Gasteiger partial charge in [0.15, 0.2) is 0 Å². The standard InChI is InChI=1S/C6H12BrNO2/c1-6(2,10)4-8-5(9)3-7/h10H,3-4H2,1-2H3,(H,8,9). The number of hydrogen-bond donors (Lipinski definition) is 2. The smallest absolute Gasteiger partial charge is 0.230 e. The van der Waals surface area contributed by atoms with Crippen LogP contribution in [0.5, 0.6) is 0 Å². The zero-order valence-electron chi connectivity index (χ0n) is 6.15. The topological polar surface area (TPSA) is 49.3 Å². The minimum Gasteiger partial charge on any atom is -0.389 e. The van der Waals surface area contributed by atoms with E-state index in [2.05, 4.69) is 21.2 Å². The van der Waals surface area contributed by atoms with Gasteiger partial charge in [-0.1, -0.05) is 15.9 Å². The van der Waals surface area contributed by atoms with Crippen LogP contribution in [0.15, 0.2) is 0 Å². The van der Waals surface area contributed by atoms with Crippen molar-refractivity contribution in [1.82, 2.24) is 5.32 Å². The highest BCUT2D eigenvalue weighted by Crippen LogP contribution is 1.96. The molecule has 0 heterocycles. The fraction of sp³-hybridized carbons (Fsp3) is 0.833. The molecule has 0 spiro atoms. The van der Waals surface area contributed by atoms with E-state index in [-0.39, 0.29) is 17.8 Å². The highest BCUT2D eigenvalue weighted by atomic mass is 79.9. The van der Waals surface area contributed by atoms with Crippen LogP contribution >= 0.6 is 15.9 Å². The Labute approximate surface area is 68.9 Å². The molecule has 0 aromatic heterocycles. The summed E-state index contributed by atoms with van der Waals surface area (Å²) < 4.78 is 0. The van der Waals surface area contributed by atoms with Crippen LogP contribution in [0.3, 0.4) is 0 Å². The first kappa shape index (κ1) is 9.91. The van der Waals surface area contributed by atoms with Gasteiger partial charge in [0, 0.05) is 6.54 Å². The van der Waals surface area contributed by atoms with Gasteiger partial charge in [-0.15, -0.1) is 0 Å². The van der Waals surface area contributed by atoms with E-state index in [0.29, 0.717) is 0 Å². The van der Waals surface area contributed by atoms with Crippen molar-refractivity contribution in [1.29, 1.82) is 0 Å². The van der Waals surface area contributed by atoms with Gasteiger partial charge in [0.05, 0.1) is 10.9 Å². The Bertz CT molecular complexity index is 119. The second kappa shape index (κ2) is 3.93. The zero-order valence-corrected chi connectivity index (χ0v) is 7.73. The molecule has 4 heteroatoms. The predicted octanol–water partition coefficient (Wildman–Crippen LogP) is 0.268. The summed E-state index contributed by atoms with van der Waals surface area (Å²) in [6, 6.07) is 0. The average Bonchev–Trinajstić information content (AvgIpc) is 1.81. The number of rotatable bonds is 3. The van der Waals surface area contributed by atoms with E-state index < -0.39 is 5.60 Å². The Morgan fingerprint density at radius 1 is 1.70 bits per heavy atom. The maximum absolute atomic E-state index is 10.6. The van der Waals surface area contributed by atoms with Gasteiger partial charge in [0.1, 0.15) is 0 Å². The molecule has 10 heavy (non-hydrogen) atoms. The number of carbonyl (C=O) groups excluding carboxylic acids is 1. The van der Waals surface area contributed by atoms with Crippen molar-refractivity contribution in [2.24, 2.45) is 0 Å². The van der Waals surface area contributed by atoms with Crippen LogP contribution < -0.4 is 5.32 Å². The first-order valence-corrected chi connectivity index (χ1v) is 4.13. The maximum Gasteiger partial charge on any atom is 0.230 e. The third-order valence-corrected chi connectivity index (χ3v) is 1.35. The van der Waals surface area contributed by atoms with E-state index >= 15 is 0 Å². The highest BCUT2D eigenvalue weighted by Gasteiger charge is 2.12. The SMILES string of the molecule is CC(C)(O)CNC(=O)CBr. The van der Waals surface area contributed by atoms with Gasteiger partial charge < -0.3 is 10.4 Å². The van der Waals surface area contributed by atoms with E-state index in [1.807, 2.05) is 0 Å². The zero-order chi connectivity index (χ0) is 8.20. The first-order chi connectivity index (χ1) is 4.45. The summed E-state index contributed by atoms with van der Waals surface area (Å²) in [5.74, 6) is -0.109. The van der Waals surface area contributed by atoms with Gasteiger partial charge >= 0.3 is 0 Å². The minimum absolute atomic E-state index is 0.109. The predicted molar refractivity (Wildman–Crippen MR) is 43.1 cm³/mol. The molecule has 0 rings (SSSR count). The lowest BCUT2D eigenvalue weighted by molar-refractivity contribution is -0.119. The maximum atomic E-state index is 10.6. The Hall–Kier alpha value is -0.0900. The van der Waals surface area contributed by atoms with Gasteiger partial charge in [0.2, 0.25) is 5.91 Å². The molecule has 0 radical (unpaired) electrons. The van der Waals surface area contributed by atoms with Crippen LogP contribution in [0.1, 0.15) is 13.8 Å². The molecule has 0 aromatic carbocycles. The van der Waals surface area contributed by atoms with Gasteiger partial charge in [-0.3, -0.25) is 4.79 Å². The molecule has 0 unspecified atom stereocenters. The number of nitrogens with one attached hydrogen (secondary N) is 1. The van der Waals surface area contributed by atoms with Crippen molar-refractivity contribution in [2.75, 3.05) is 11.9 Å². The molecule has 2 N–H and O–H groups in total. The van der Waals surface area contributed by atoms with Crippen molar-refractivity contribution >= 4 is 21.8 Å². The molecule has 0 aliphatic carbocycles. The van der Waals surface area contributed by atoms with Gasteiger partial charge in [0.25, 0.3) is 0 Å². The lowest BCUT2D eigenvalue weighted by Crippen LogP contribution is -2.38. The molecule has 0 aliphatic heterocycles. The second-order valence-corrected chi connectivity index (χ2v) is 3.28. The lowest BCUT2D eigenvalue weighted by Gasteiger charge is -2.16. The van der Waals surface area contributed by atoms with Crippen LogP contribution in [0.25, 0.3) is 0 Å². The summed E-state index contributed by atoms with van der Waals surface area (Å²) >= 11 is 2.99. The van der Waals surface area contributed by atoms with Crippen LogP contribution in [-0.4, -0.2) is 28.5 Å². The van der Waals surface area contributed by atoms with Crippen molar-refractivity contribution < 1.29 is 9.90 Å². The molecule has 0 saturated heterocycles. The quantitative estimate of drug-likeness (QED) is 0.657. The van der Waals surface area contributed by atoms with E-state index in [1.54, 1.807) is 13.8 Å². The summed E-state index contributed by atoms with van der Waals surface area (Å²) in [5.41, 5.74) is -0.822. The highest BCUT2D eigenvalue weighted by molar-refractivity contribution is 9.09. The second-order valence-electron chi connectivity index (χ2n) is 2.72. The largest absolute Gasteiger partial charge is 0.389 e. The molecule has 0 aromatic rings. The van der Waals surface area contributed by atoms with Crippen molar-refractivity contribution in [2.45, 2.75) is 19.4 Å². The Balaban J connectivity index is 3.46. The molecular weight excluding hydrogens is 198 g/mol. The van der Waals surface area contributed by atoms with Gasteiger partial charge in [-0.2, -0.15) is 0 Å². The monoisotopic (exact) mass is 209 g/mol. The summed E-state index contributed by atoms with van der Waals surface area (Å²) in [5, 5.41) is 11.9.